The molecular weight excluding hydrogens is 334 g/mol. The fraction of sp³-hybridized carbons (Fsp3) is 0.300. The highest BCUT2D eigenvalue weighted by Crippen LogP contribution is 2.23. The maximum atomic E-state index is 12.4. The van der Waals surface area contributed by atoms with E-state index >= 15 is 0 Å². The minimum atomic E-state index is -0.732. The van der Waals surface area contributed by atoms with Crippen molar-refractivity contribution in [2.24, 2.45) is 10.9 Å². The SMILES string of the molecule is C=c1c(C)ccc2c1=NC(=O)c1c-2oc(C(=O)OCCC(C)C)cc1=O. The third-order valence-corrected chi connectivity index (χ3v) is 4.27. The van der Waals surface area contributed by atoms with Gasteiger partial charge in [0.1, 0.15) is 5.56 Å². The second kappa shape index (κ2) is 6.71. The molecule has 26 heavy (non-hydrogen) atoms. The van der Waals surface area contributed by atoms with Crippen LogP contribution in [0.5, 0.6) is 0 Å². The van der Waals surface area contributed by atoms with Gasteiger partial charge in [-0.2, -0.15) is 0 Å². The van der Waals surface area contributed by atoms with Crippen LogP contribution in [0.2, 0.25) is 0 Å². The van der Waals surface area contributed by atoms with E-state index in [9.17, 15) is 14.4 Å². The molecule has 1 aliphatic rings. The molecule has 0 saturated heterocycles. The van der Waals surface area contributed by atoms with Gasteiger partial charge in [0, 0.05) is 11.6 Å². The normalized spacial score (nSPS) is 12.4. The molecule has 134 valence electrons. The average molecular weight is 353 g/mol. The summed E-state index contributed by atoms with van der Waals surface area (Å²) in [6, 6.07) is 4.48. The van der Waals surface area contributed by atoms with Crippen LogP contribution in [0.3, 0.4) is 0 Å². The molecular formula is C20H19NO5. The number of nitrogens with zero attached hydrogens (tertiary/aromatic N) is 1. The summed E-state index contributed by atoms with van der Waals surface area (Å²) >= 11 is 0. The van der Waals surface area contributed by atoms with E-state index in [-0.39, 0.29) is 23.7 Å². The minimum Gasteiger partial charge on any atom is -0.460 e. The number of hydrogen-bond donors (Lipinski definition) is 0. The Labute approximate surface area is 149 Å². The molecule has 6 nitrogen and oxygen atoms in total. The topological polar surface area (TPSA) is 85.9 Å². The predicted molar refractivity (Wildman–Crippen MR) is 95.5 cm³/mol. The molecule has 0 aliphatic carbocycles. The quantitative estimate of drug-likeness (QED) is 0.785. The lowest BCUT2D eigenvalue weighted by Crippen LogP contribution is -2.34. The second-order valence-electron chi connectivity index (χ2n) is 6.67. The van der Waals surface area contributed by atoms with E-state index in [0.717, 1.165) is 11.6 Å². The Kier molecular flexibility index (Phi) is 4.59. The molecule has 2 heterocycles. The van der Waals surface area contributed by atoms with Gasteiger partial charge in [0.15, 0.2) is 11.2 Å². The summed E-state index contributed by atoms with van der Waals surface area (Å²) in [6.07, 6.45) is 0.700. The number of carbonyl (C=O) groups is 2. The first-order chi connectivity index (χ1) is 12.3. The number of benzene rings is 1. The van der Waals surface area contributed by atoms with E-state index in [1.54, 1.807) is 12.1 Å². The van der Waals surface area contributed by atoms with Gasteiger partial charge in [-0.15, -0.1) is 0 Å². The van der Waals surface area contributed by atoms with Crippen LogP contribution in [0.1, 0.15) is 46.7 Å². The summed E-state index contributed by atoms with van der Waals surface area (Å²) in [4.78, 5) is 40.8. The van der Waals surface area contributed by atoms with Crippen molar-refractivity contribution in [3.63, 3.8) is 0 Å². The first kappa shape index (κ1) is 17.8. The van der Waals surface area contributed by atoms with Crippen LogP contribution in [0.4, 0.5) is 0 Å². The van der Waals surface area contributed by atoms with E-state index in [1.165, 1.54) is 0 Å². The van der Waals surface area contributed by atoms with Crippen molar-refractivity contribution in [3.8, 4) is 11.3 Å². The third-order valence-electron chi connectivity index (χ3n) is 4.27. The van der Waals surface area contributed by atoms with Gasteiger partial charge in [0.05, 0.1) is 12.0 Å². The largest absolute Gasteiger partial charge is 0.460 e. The van der Waals surface area contributed by atoms with Crippen molar-refractivity contribution in [2.45, 2.75) is 27.2 Å². The van der Waals surface area contributed by atoms with Crippen molar-refractivity contribution in [3.05, 3.63) is 55.9 Å². The van der Waals surface area contributed by atoms with Crippen LogP contribution in [0.15, 0.2) is 32.4 Å². The number of fused-ring (bicyclic) bond motifs is 3. The highest BCUT2D eigenvalue weighted by Gasteiger charge is 2.27. The molecule has 0 unspecified atom stereocenters. The second-order valence-corrected chi connectivity index (χ2v) is 6.67. The van der Waals surface area contributed by atoms with Crippen molar-refractivity contribution in [1.29, 1.82) is 0 Å². The molecule has 0 saturated carbocycles. The van der Waals surface area contributed by atoms with E-state index in [2.05, 4.69) is 11.6 Å². The molecule has 0 atom stereocenters. The van der Waals surface area contributed by atoms with E-state index < -0.39 is 17.3 Å². The maximum Gasteiger partial charge on any atom is 0.374 e. The lowest BCUT2D eigenvalue weighted by molar-refractivity contribution is 0.0449. The van der Waals surface area contributed by atoms with Crippen molar-refractivity contribution in [1.82, 2.24) is 0 Å². The Hall–Kier alpha value is -3.02. The maximum absolute atomic E-state index is 12.4. The van der Waals surface area contributed by atoms with Gasteiger partial charge in [-0.05, 0) is 36.1 Å². The first-order valence-electron chi connectivity index (χ1n) is 8.37. The molecule has 1 aliphatic heterocycles. The molecule has 2 aromatic rings. The Morgan fingerprint density at radius 2 is 2.04 bits per heavy atom. The van der Waals surface area contributed by atoms with E-state index in [4.69, 9.17) is 9.15 Å². The number of amides is 1. The van der Waals surface area contributed by atoms with Gasteiger partial charge in [-0.25, -0.2) is 9.79 Å². The fourth-order valence-electron chi connectivity index (χ4n) is 2.65. The number of hydrogen-bond acceptors (Lipinski definition) is 5. The molecule has 1 amide bonds. The molecule has 0 bridgehead atoms. The van der Waals surface area contributed by atoms with Crippen LogP contribution in [0, 0.1) is 12.8 Å². The Balaban J connectivity index is 2.10. The van der Waals surface area contributed by atoms with Crippen LogP contribution >= 0.6 is 0 Å². The highest BCUT2D eigenvalue weighted by atomic mass is 16.5. The number of rotatable bonds is 4. The van der Waals surface area contributed by atoms with Crippen molar-refractivity contribution in [2.75, 3.05) is 6.61 Å². The lowest BCUT2D eigenvalue weighted by atomic mass is 10.00. The van der Waals surface area contributed by atoms with Crippen LogP contribution in [-0.4, -0.2) is 18.5 Å². The molecule has 1 aromatic heterocycles. The Morgan fingerprint density at radius 1 is 1.31 bits per heavy atom. The van der Waals surface area contributed by atoms with Crippen LogP contribution in [-0.2, 0) is 4.74 Å². The van der Waals surface area contributed by atoms with E-state index in [0.29, 0.717) is 28.5 Å². The average Bonchev–Trinajstić information content (AvgIpc) is 2.57. The summed E-state index contributed by atoms with van der Waals surface area (Å²) < 4.78 is 10.8. The molecule has 0 radical (unpaired) electrons. The van der Waals surface area contributed by atoms with Crippen LogP contribution < -0.4 is 16.0 Å². The van der Waals surface area contributed by atoms with Gasteiger partial charge >= 0.3 is 5.97 Å². The van der Waals surface area contributed by atoms with Crippen LogP contribution in [0.25, 0.3) is 17.9 Å². The first-order valence-corrected chi connectivity index (χ1v) is 8.37. The van der Waals surface area contributed by atoms with Gasteiger partial charge in [0.25, 0.3) is 5.91 Å². The molecule has 1 aromatic carbocycles. The minimum absolute atomic E-state index is 0.0354. The third kappa shape index (κ3) is 3.10. The predicted octanol–water partition coefficient (Wildman–Crippen LogP) is 2.00. The number of carbonyl (C=O) groups excluding carboxylic acids is 2. The number of ether oxygens (including phenoxy) is 1. The summed E-state index contributed by atoms with van der Waals surface area (Å²) in [5, 5.41) is 0.935. The van der Waals surface area contributed by atoms with Crippen molar-refractivity contribution < 1.29 is 18.7 Å². The molecule has 6 heteroatoms. The molecule has 0 N–H and O–H groups in total. The zero-order chi connectivity index (χ0) is 19.0. The van der Waals surface area contributed by atoms with Gasteiger partial charge < -0.3 is 9.15 Å². The smallest absolute Gasteiger partial charge is 0.374 e. The highest BCUT2D eigenvalue weighted by molar-refractivity contribution is 6.02. The Bertz CT molecular complexity index is 1080. The fourth-order valence-corrected chi connectivity index (χ4v) is 2.65. The standard InChI is InChI=1S/C20H19NO5/c1-10(2)7-8-25-20(24)15-9-14(22)16-18(26-15)13-6-5-11(3)12(4)17(13)21-19(16)23/h5-6,9-10H,4,7-8H2,1-3H3. The zero-order valence-electron chi connectivity index (χ0n) is 14.9. The van der Waals surface area contributed by atoms with Gasteiger partial charge in [0.2, 0.25) is 5.76 Å². The summed E-state index contributed by atoms with van der Waals surface area (Å²) in [5.74, 6) is -1.25. The van der Waals surface area contributed by atoms with Gasteiger partial charge in [-0.3, -0.25) is 9.59 Å². The number of esters is 1. The molecule has 3 rings (SSSR count). The summed E-state index contributed by atoms with van der Waals surface area (Å²) in [6.45, 7) is 10.0. The lowest BCUT2D eigenvalue weighted by Gasteiger charge is -2.13. The Morgan fingerprint density at radius 3 is 2.73 bits per heavy atom. The summed E-state index contributed by atoms with van der Waals surface area (Å²) in [7, 11) is 0. The van der Waals surface area contributed by atoms with Gasteiger partial charge in [-0.1, -0.05) is 26.5 Å². The van der Waals surface area contributed by atoms with Crippen molar-refractivity contribution >= 4 is 18.5 Å². The number of aryl methyl sites for hydroxylation is 1. The molecule has 0 spiro atoms. The summed E-state index contributed by atoms with van der Waals surface area (Å²) in [5.41, 5.74) is 0.520. The zero-order valence-corrected chi connectivity index (χ0v) is 14.9. The monoisotopic (exact) mass is 353 g/mol. The molecule has 0 fully saturated rings. The van der Waals surface area contributed by atoms with E-state index in [1.807, 2.05) is 20.8 Å².